The number of nitrogens with two attached hydrogens (primary N) is 1. The summed E-state index contributed by atoms with van der Waals surface area (Å²) in [5.41, 5.74) is 8.02. The largest absolute Gasteiger partial charge is 0.497 e. The van der Waals surface area contributed by atoms with Gasteiger partial charge in [0.25, 0.3) is 5.56 Å². The Morgan fingerprint density at radius 2 is 1.55 bits per heavy atom. The molecule has 196 valence electrons. The maximum atomic E-state index is 12.7. The zero-order chi connectivity index (χ0) is 26.9. The summed E-state index contributed by atoms with van der Waals surface area (Å²) in [5.74, 6) is -0.899. The maximum absolute atomic E-state index is 12.7. The van der Waals surface area contributed by atoms with Gasteiger partial charge < -0.3 is 14.6 Å². The van der Waals surface area contributed by atoms with E-state index in [9.17, 15) is 14.7 Å². The predicted octanol–water partition coefficient (Wildman–Crippen LogP) is 3.00. The van der Waals surface area contributed by atoms with Gasteiger partial charge in [0, 0.05) is 23.6 Å². The van der Waals surface area contributed by atoms with Gasteiger partial charge in [0.1, 0.15) is 5.75 Å². The molecule has 3 aromatic carbocycles. The molecule has 0 saturated carbocycles. The van der Waals surface area contributed by atoms with Crippen molar-refractivity contribution in [3.63, 3.8) is 0 Å². The normalized spacial score (nSPS) is 21.4. The standard InChI is InChI=1S/C30H31N3O5/c1-20-19-33(28(36)32-27(20)35)30(31)17-25(34)26(38-30)18-29(21-9-5-3-6-10-21,22-11-7-4-8-12-22)23-13-15-24(37-2)16-14-23/h3-16,19,25-26,34H,17-18,31H2,1-2H3,(H,32,35,36)/t25-,26+,30-/m0/s1. The van der Waals surface area contributed by atoms with Gasteiger partial charge in [-0.25, -0.2) is 4.79 Å². The monoisotopic (exact) mass is 513 g/mol. The average Bonchev–Trinajstić information content (AvgIpc) is 3.23. The highest BCUT2D eigenvalue weighted by Gasteiger charge is 2.50. The van der Waals surface area contributed by atoms with Crippen LogP contribution in [0.3, 0.4) is 0 Å². The Kier molecular flexibility index (Phi) is 6.79. The van der Waals surface area contributed by atoms with Crippen LogP contribution in [0.1, 0.15) is 35.1 Å². The quantitative estimate of drug-likeness (QED) is 0.327. The third kappa shape index (κ3) is 4.47. The molecule has 8 heteroatoms. The number of H-pyrrole nitrogens is 1. The molecule has 1 fully saturated rings. The SMILES string of the molecule is COc1ccc(C(C[C@H]2O[C@@](N)(n3cc(C)c(=O)[nH]c3=O)C[C@@H]2O)(c2ccccc2)c2ccccc2)cc1. The van der Waals surface area contributed by atoms with Crippen LogP contribution in [0.4, 0.5) is 0 Å². The van der Waals surface area contributed by atoms with Gasteiger partial charge in [-0.05, 0) is 42.2 Å². The van der Waals surface area contributed by atoms with Gasteiger partial charge in [0.2, 0.25) is 5.85 Å². The van der Waals surface area contributed by atoms with E-state index < -0.39 is 34.7 Å². The first-order valence-corrected chi connectivity index (χ1v) is 12.5. The Hall–Kier alpha value is -3.98. The molecule has 0 aliphatic carbocycles. The van der Waals surface area contributed by atoms with Crippen molar-refractivity contribution in [1.82, 2.24) is 9.55 Å². The van der Waals surface area contributed by atoms with Crippen molar-refractivity contribution < 1.29 is 14.6 Å². The van der Waals surface area contributed by atoms with Crippen LogP contribution >= 0.6 is 0 Å². The van der Waals surface area contributed by atoms with Crippen LogP contribution in [0, 0.1) is 6.92 Å². The van der Waals surface area contributed by atoms with Gasteiger partial charge in [-0.2, -0.15) is 0 Å². The number of aliphatic hydroxyl groups excluding tert-OH is 1. The second-order valence-electron chi connectivity index (χ2n) is 9.78. The number of ether oxygens (including phenoxy) is 2. The molecule has 8 nitrogen and oxygen atoms in total. The molecular formula is C30H31N3O5. The van der Waals surface area contributed by atoms with Crippen LogP contribution < -0.4 is 21.7 Å². The molecule has 2 heterocycles. The molecule has 4 N–H and O–H groups in total. The Balaban J connectivity index is 1.64. The predicted molar refractivity (Wildman–Crippen MR) is 144 cm³/mol. The van der Waals surface area contributed by atoms with Crippen LogP contribution in [0.2, 0.25) is 0 Å². The summed E-state index contributed by atoms with van der Waals surface area (Å²) in [5, 5.41) is 11.3. The molecule has 0 spiro atoms. The minimum absolute atomic E-state index is 0.0225. The van der Waals surface area contributed by atoms with E-state index in [2.05, 4.69) is 29.2 Å². The van der Waals surface area contributed by atoms with Gasteiger partial charge in [-0.15, -0.1) is 0 Å². The topological polar surface area (TPSA) is 120 Å². The number of nitrogens with zero attached hydrogens (tertiary/aromatic N) is 1. The van der Waals surface area contributed by atoms with E-state index >= 15 is 0 Å². The fourth-order valence-electron chi connectivity index (χ4n) is 5.48. The lowest BCUT2D eigenvalue weighted by Crippen LogP contribution is -2.51. The summed E-state index contributed by atoms with van der Waals surface area (Å²) in [7, 11) is 1.63. The lowest BCUT2D eigenvalue weighted by molar-refractivity contribution is -0.107. The van der Waals surface area contributed by atoms with Crippen molar-refractivity contribution in [3.8, 4) is 5.75 Å². The minimum Gasteiger partial charge on any atom is -0.497 e. The van der Waals surface area contributed by atoms with Crippen molar-refractivity contribution in [3.05, 3.63) is 134 Å². The van der Waals surface area contributed by atoms with Crippen LogP contribution in [0.5, 0.6) is 5.75 Å². The fraction of sp³-hybridized carbons (Fsp3) is 0.267. The molecule has 1 aliphatic heterocycles. The number of aromatic amines is 1. The Labute approximate surface area is 220 Å². The van der Waals surface area contributed by atoms with E-state index in [4.69, 9.17) is 15.2 Å². The molecule has 0 radical (unpaired) electrons. The van der Waals surface area contributed by atoms with Gasteiger partial charge in [-0.1, -0.05) is 72.8 Å². The highest BCUT2D eigenvalue weighted by atomic mass is 16.6. The summed E-state index contributed by atoms with van der Waals surface area (Å²) >= 11 is 0. The first kappa shape index (κ1) is 25.7. The maximum Gasteiger partial charge on any atom is 0.331 e. The highest BCUT2D eigenvalue weighted by molar-refractivity contribution is 5.51. The summed E-state index contributed by atoms with van der Waals surface area (Å²) in [6.45, 7) is 1.58. The van der Waals surface area contributed by atoms with Crippen LogP contribution in [0.25, 0.3) is 0 Å². The number of hydrogen-bond acceptors (Lipinski definition) is 6. The molecule has 0 bridgehead atoms. The van der Waals surface area contributed by atoms with E-state index in [0.29, 0.717) is 12.0 Å². The fourth-order valence-corrected chi connectivity index (χ4v) is 5.48. The number of nitrogens with one attached hydrogen (secondary N) is 1. The van der Waals surface area contributed by atoms with Crippen molar-refractivity contribution in [2.75, 3.05) is 7.11 Å². The molecule has 0 unspecified atom stereocenters. The number of aryl methyl sites for hydroxylation is 1. The van der Waals surface area contributed by atoms with E-state index in [1.807, 2.05) is 60.7 Å². The number of aliphatic hydroxyl groups is 1. The first-order chi connectivity index (χ1) is 18.3. The van der Waals surface area contributed by atoms with E-state index in [1.165, 1.54) is 6.20 Å². The van der Waals surface area contributed by atoms with Crippen LogP contribution in [-0.2, 0) is 16.0 Å². The van der Waals surface area contributed by atoms with Gasteiger partial charge in [0.15, 0.2) is 0 Å². The smallest absolute Gasteiger partial charge is 0.331 e. The second-order valence-corrected chi connectivity index (χ2v) is 9.78. The summed E-state index contributed by atoms with van der Waals surface area (Å²) in [4.78, 5) is 26.9. The van der Waals surface area contributed by atoms with Crippen LogP contribution in [-0.4, -0.2) is 34.0 Å². The average molecular weight is 514 g/mol. The number of hydrogen-bond donors (Lipinski definition) is 3. The molecule has 1 aromatic heterocycles. The van der Waals surface area contributed by atoms with Gasteiger partial charge in [0.05, 0.1) is 19.3 Å². The molecule has 38 heavy (non-hydrogen) atoms. The second kappa shape index (κ2) is 10.1. The minimum atomic E-state index is -1.63. The van der Waals surface area contributed by atoms with E-state index in [0.717, 1.165) is 27.0 Å². The van der Waals surface area contributed by atoms with E-state index in [1.54, 1.807) is 14.0 Å². The summed E-state index contributed by atoms with van der Waals surface area (Å²) in [6.07, 6.45) is -0.0112. The lowest BCUT2D eigenvalue weighted by atomic mass is 9.66. The molecule has 4 aromatic rings. The van der Waals surface area contributed by atoms with Crippen molar-refractivity contribution in [2.45, 2.75) is 43.2 Å². The summed E-state index contributed by atoms with van der Waals surface area (Å²) < 4.78 is 12.9. The van der Waals surface area contributed by atoms with Crippen molar-refractivity contribution in [2.24, 2.45) is 5.73 Å². The first-order valence-electron chi connectivity index (χ1n) is 12.5. The molecule has 1 saturated heterocycles. The molecule has 0 amide bonds. The number of methoxy groups -OCH3 is 1. The van der Waals surface area contributed by atoms with Crippen molar-refractivity contribution in [1.29, 1.82) is 0 Å². The third-order valence-electron chi connectivity index (χ3n) is 7.44. The Morgan fingerprint density at radius 3 is 2.11 bits per heavy atom. The van der Waals surface area contributed by atoms with Gasteiger partial charge in [-0.3, -0.25) is 20.1 Å². The molecule has 5 rings (SSSR count). The Bertz CT molecular complexity index is 1480. The zero-order valence-corrected chi connectivity index (χ0v) is 21.3. The number of aromatic nitrogens is 2. The molecule has 1 aliphatic rings. The molecular weight excluding hydrogens is 482 g/mol. The lowest BCUT2D eigenvalue weighted by Gasteiger charge is -2.39. The van der Waals surface area contributed by atoms with Crippen molar-refractivity contribution >= 4 is 0 Å². The number of rotatable bonds is 7. The highest BCUT2D eigenvalue weighted by Crippen LogP contribution is 2.46. The zero-order valence-electron chi connectivity index (χ0n) is 21.3. The Morgan fingerprint density at radius 1 is 1.00 bits per heavy atom. The molecule has 3 atom stereocenters. The third-order valence-corrected chi connectivity index (χ3v) is 7.44. The van der Waals surface area contributed by atoms with E-state index in [-0.39, 0.29) is 6.42 Å². The van der Waals surface area contributed by atoms with Crippen LogP contribution in [0.15, 0.2) is 101 Å². The number of benzene rings is 3. The summed E-state index contributed by atoms with van der Waals surface area (Å²) in [6, 6.07) is 28.0. The van der Waals surface area contributed by atoms with Gasteiger partial charge >= 0.3 is 5.69 Å².